The van der Waals surface area contributed by atoms with Crippen LogP contribution in [0.15, 0.2) is 60.9 Å². The van der Waals surface area contributed by atoms with Crippen LogP contribution >= 0.6 is 0 Å². The van der Waals surface area contributed by atoms with Gasteiger partial charge in [0, 0.05) is 56.7 Å². The Labute approximate surface area is 304 Å². The second kappa shape index (κ2) is 15.8. The van der Waals surface area contributed by atoms with Gasteiger partial charge in [-0.15, -0.1) is 0 Å². The summed E-state index contributed by atoms with van der Waals surface area (Å²) in [5, 5.41) is 12.2. The molecule has 4 aromatic rings. The molecule has 0 aliphatic carbocycles. The quantitative estimate of drug-likeness (QED) is 0.155. The molecule has 3 N–H and O–H groups in total. The van der Waals surface area contributed by atoms with E-state index in [2.05, 4.69) is 32.0 Å². The highest BCUT2D eigenvalue weighted by Crippen LogP contribution is 2.34. The lowest BCUT2D eigenvalue weighted by molar-refractivity contribution is -0.138. The molecule has 4 amide bonds. The van der Waals surface area contributed by atoms with Crippen molar-refractivity contribution in [1.82, 2.24) is 25.1 Å². The molecule has 276 valence electrons. The molecule has 1 aliphatic rings. The molecule has 2 heterocycles. The van der Waals surface area contributed by atoms with Crippen LogP contribution in [-0.4, -0.2) is 89.0 Å². The summed E-state index contributed by atoms with van der Waals surface area (Å²) in [7, 11) is 3.11. The fourth-order valence-corrected chi connectivity index (χ4v) is 6.11. The highest BCUT2D eigenvalue weighted by atomic mass is 16.6. The minimum Gasteiger partial charge on any atom is -0.494 e. The Kier molecular flexibility index (Phi) is 11.5. The number of amides is 4. The van der Waals surface area contributed by atoms with Gasteiger partial charge in [0.2, 0.25) is 17.7 Å². The normalized spacial score (nSPS) is 14.6. The van der Waals surface area contributed by atoms with Crippen molar-refractivity contribution in [1.29, 1.82) is 0 Å². The Hall–Kier alpha value is -5.46. The topological polar surface area (TPSA) is 155 Å². The zero-order chi connectivity index (χ0) is 37.6. The van der Waals surface area contributed by atoms with Gasteiger partial charge in [0.15, 0.2) is 0 Å². The van der Waals surface area contributed by atoms with Crippen LogP contribution in [0.25, 0.3) is 21.7 Å². The number of fused-ring (bicyclic) bond motifs is 2. The highest BCUT2D eigenvalue weighted by Gasteiger charge is 2.37. The summed E-state index contributed by atoms with van der Waals surface area (Å²) >= 11 is 0. The standard InChI is InChI=1S/C39H49N7O6/c1-38(2,3)52-37(50)45(6)18-16-33(47)40-23-39(4,5)22-34(48)46-17-10-13-31(46)36(49)44-30-20-28-29(21-32(30)51-7)41-24-42-35(28)43-27-15-14-25-11-8-9-12-26(25)19-27/h8-9,11-12,14-15,19-21,24,31H,10,13,16-18,22-23H2,1-7H3,(H,40,47)(H,44,49)(H,41,42,43). The molecular weight excluding hydrogens is 662 g/mol. The van der Waals surface area contributed by atoms with E-state index in [1.165, 1.54) is 18.3 Å². The minimum absolute atomic E-state index is 0.0967. The summed E-state index contributed by atoms with van der Waals surface area (Å²) in [4.78, 5) is 64.1. The van der Waals surface area contributed by atoms with Crippen molar-refractivity contribution in [3.63, 3.8) is 0 Å². The van der Waals surface area contributed by atoms with Crippen LogP contribution < -0.4 is 20.7 Å². The first-order chi connectivity index (χ1) is 24.6. The van der Waals surface area contributed by atoms with E-state index in [1.807, 2.05) is 50.2 Å². The Balaban J connectivity index is 1.21. The second-order valence-electron chi connectivity index (χ2n) is 15.0. The van der Waals surface area contributed by atoms with Gasteiger partial charge in [-0.3, -0.25) is 14.4 Å². The van der Waals surface area contributed by atoms with Crippen LogP contribution in [0.4, 0.5) is 22.0 Å². The summed E-state index contributed by atoms with van der Waals surface area (Å²) in [5.74, 6) is 0.286. The van der Waals surface area contributed by atoms with Gasteiger partial charge in [-0.2, -0.15) is 0 Å². The molecule has 0 bridgehead atoms. The molecule has 0 spiro atoms. The summed E-state index contributed by atoms with van der Waals surface area (Å²) in [6.07, 6.45) is 2.42. The largest absolute Gasteiger partial charge is 0.494 e. The van der Waals surface area contributed by atoms with Crippen molar-refractivity contribution in [2.75, 3.05) is 44.4 Å². The number of anilines is 3. The maximum atomic E-state index is 13.8. The number of ether oxygens (including phenoxy) is 2. The van der Waals surface area contributed by atoms with E-state index in [1.54, 1.807) is 44.9 Å². The van der Waals surface area contributed by atoms with E-state index in [-0.39, 0.29) is 43.7 Å². The third kappa shape index (κ3) is 9.65. The first-order valence-corrected chi connectivity index (χ1v) is 17.5. The van der Waals surface area contributed by atoms with Gasteiger partial charge in [0.05, 0.1) is 18.3 Å². The number of carbonyl (C=O) groups is 4. The fraction of sp³-hybridized carbons (Fsp3) is 0.436. The molecule has 5 rings (SSSR count). The van der Waals surface area contributed by atoms with Gasteiger partial charge in [0.25, 0.3) is 0 Å². The molecule has 52 heavy (non-hydrogen) atoms. The Morgan fingerprint density at radius 3 is 2.46 bits per heavy atom. The minimum atomic E-state index is -0.663. The number of methoxy groups -OCH3 is 1. The maximum absolute atomic E-state index is 13.8. The lowest BCUT2D eigenvalue weighted by Crippen LogP contribution is -2.45. The molecule has 1 saturated heterocycles. The first-order valence-electron chi connectivity index (χ1n) is 17.5. The Bertz CT molecular complexity index is 1960. The molecular formula is C39H49N7O6. The summed E-state index contributed by atoms with van der Waals surface area (Å²) < 4.78 is 11.0. The molecule has 13 nitrogen and oxygen atoms in total. The summed E-state index contributed by atoms with van der Waals surface area (Å²) in [6, 6.07) is 17.0. The number of hydrogen-bond donors (Lipinski definition) is 3. The van der Waals surface area contributed by atoms with E-state index in [9.17, 15) is 19.2 Å². The van der Waals surface area contributed by atoms with Crippen molar-refractivity contribution in [2.45, 2.75) is 71.9 Å². The fourth-order valence-electron chi connectivity index (χ4n) is 6.11. The number of benzene rings is 3. The zero-order valence-corrected chi connectivity index (χ0v) is 31.0. The van der Waals surface area contributed by atoms with Crippen LogP contribution in [0.1, 0.15) is 60.3 Å². The molecule has 0 saturated carbocycles. The maximum Gasteiger partial charge on any atom is 0.410 e. The second-order valence-corrected chi connectivity index (χ2v) is 15.0. The number of aromatic nitrogens is 2. The van der Waals surface area contributed by atoms with Crippen molar-refractivity contribution >= 4 is 62.7 Å². The average Bonchev–Trinajstić information content (AvgIpc) is 3.60. The SMILES string of the molecule is COc1cc2ncnc(Nc3ccc4ccccc4c3)c2cc1NC(=O)C1CCCN1C(=O)CC(C)(C)CNC(=O)CCN(C)C(=O)OC(C)(C)C. The van der Waals surface area contributed by atoms with Gasteiger partial charge in [0.1, 0.15) is 29.5 Å². The van der Waals surface area contributed by atoms with Crippen LogP contribution in [-0.2, 0) is 19.1 Å². The third-order valence-corrected chi connectivity index (χ3v) is 8.88. The average molecular weight is 712 g/mol. The number of likely N-dealkylation sites (tertiary alicyclic amines) is 1. The summed E-state index contributed by atoms with van der Waals surface area (Å²) in [6.45, 7) is 10.1. The molecule has 1 fully saturated rings. The number of carbonyl (C=O) groups excluding carboxylic acids is 4. The number of rotatable bonds is 12. The van der Waals surface area contributed by atoms with Crippen LogP contribution in [0.3, 0.4) is 0 Å². The lowest BCUT2D eigenvalue weighted by Gasteiger charge is -2.30. The van der Waals surface area contributed by atoms with Gasteiger partial charge in [-0.05, 0) is 68.0 Å². The zero-order valence-electron chi connectivity index (χ0n) is 31.0. The first kappa shape index (κ1) is 37.8. The van der Waals surface area contributed by atoms with Crippen molar-refractivity contribution in [2.24, 2.45) is 5.41 Å². The predicted octanol–water partition coefficient (Wildman–Crippen LogP) is 6.25. The Morgan fingerprint density at radius 2 is 1.73 bits per heavy atom. The van der Waals surface area contributed by atoms with Crippen LogP contribution in [0.2, 0.25) is 0 Å². The lowest BCUT2D eigenvalue weighted by atomic mass is 9.88. The van der Waals surface area contributed by atoms with Gasteiger partial charge >= 0.3 is 6.09 Å². The monoisotopic (exact) mass is 711 g/mol. The number of nitrogens with zero attached hydrogens (tertiary/aromatic N) is 4. The van der Waals surface area contributed by atoms with Gasteiger partial charge in [-0.1, -0.05) is 44.2 Å². The predicted molar refractivity (Wildman–Crippen MR) is 202 cm³/mol. The van der Waals surface area contributed by atoms with Crippen molar-refractivity contribution in [3.8, 4) is 5.75 Å². The number of hydrogen-bond acceptors (Lipinski definition) is 9. The molecule has 13 heteroatoms. The molecule has 0 radical (unpaired) electrons. The van der Waals surface area contributed by atoms with Gasteiger partial charge in [-0.25, -0.2) is 14.8 Å². The van der Waals surface area contributed by atoms with Crippen LogP contribution in [0, 0.1) is 5.41 Å². The van der Waals surface area contributed by atoms with E-state index in [4.69, 9.17) is 9.47 Å². The Morgan fingerprint density at radius 1 is 0.981 bits per heavy atom. The van der Waals surface area contributed by atoms with E-state index in [0.29, 0.717) is 47.5 Å². The smallest absolute Gasteiger partial charge is 0.410 e. The molecule has 1 unspecified atom stereocenters. The molecule has 1 aliphatic heterocycles. The van der Waals surface area contributed by atoms with E-state index in [0.717, 1.165) is 16.5 Å². The van der Waals surface area contributed by atoms with Crippen molar-refractivity contribution < 1.29 is 28.7 Å². The van der Waals surface area contributed by atoms with E-state index >= 15 is 0 Å². The highest BCUT2D eigenvalue weighted by molar-refractivity contribution is 6.02. The molecule has 1 aromatic heterocycles. The van der Waals surface area contributed by atoms with E-state index < -0.39 is 23.2 Å². The molecule has 1 atom stereocenters. The third-order valence-electron chi connectivity index (χ3n) is 8.88. The van der Waals surface area contributed by atoms with Crippen LogP contribution in [0.5, 0.6) is 5.75 Å². The summed E-state index contributed by atoms with van der Waals surface area (Å²) in [5.41, 5.74) is 0.724. The van der Waals surface area contributed by atoms with Crippen molar-refractivity contribution in [3.05, 3.63) is 60.9 Å². The number of nitrogens with one attached hydrogen (secondary N) is 3. The molecule has 3 aromatic carbocycles. The van der Waals surface area contributed by atoms with Gasteiger partial charge < -0.3 is 35.2 Å².